The summed E-state index contributed by atoms with van der Waals surface area (Å²) in [5.74, 6) is 0.645. The summed E-state index contributed by atoms with van der Waals surface area (Å²) in [6.45, 7) is 10.3. The van der Waals surface area contributed by atoms with Crippen molar-refractivity contribution in [1.82, 2.24) is 10.2 Å². The largest absolute Gasteiger partial charge is 0.744 e. The van der Waals surface area contributed by atoms with E-state index in [0.29, 0.717) is 12.0 Å². The Balaban J connectivity index is 0.000000197. The van der Waals surface area contributed by atoms with E-state index in [2.05, 4.69) is 5.32 Å². The maximum Gasteiger partial charge on any atom is 0.410 e. The predicted octanol–water partition coefficient (Wildman–Crippen LogP) is 2.11. The van der Waals surface area contributed by atoms with Gasteiger partial charge in [0, 0.05) is 31.6 Å². The number of benzene rings is 1. The Bertz CT molecular complexity index is 725. The zero-order valence-corrected chi connectivity index (χ0v) is 16.5. The zero-order chi connectivity index (χ0) is 19.5. The van der Waals surface area contributed by atoms with E-state index in [4.69, 9.17) is 4.74 Å². The van der Waals surface area contributed by atoms with Crippen LogP contribution < -0.4 is 5.32 Å². The Morgan fingerprint density at radius 3 is 2.31 bits per heavy atom. The molecular weight excluding hydrogens is 356 g/mol. The summed E-state index contributed by atoms with van der Waals surface area (Å²) in [6.07, 6.45) is 0.900. The minimum atomic E-state index is -4.27. The van der Waals surface area contributed by atoms with Crippen LogP contribution in [-0.2, 0) is 14.9 Å². The molecule has 2 saturated heterocycles. The quantitative estimate of drug-likeness (QED) is 0.746. The first-order valence-electron chi connectivity index (χ1n) is 8.69. The van der Waals surface area contributed by atoms with Gasteiger partial charge in [0.05, 0.1) is 4.90 Å². The molecule has 1 N–H and O–H groups in total. The van der Waals surface area contributed by atoms with Crippen LogP contribution in [-0.4, -0.2) is 55.2 Å². The van der Waals surface area contributed by atoms with Gasteiger partial charge < -0.3 is 19.5 Å². The van der Waals surface area contributed by atoms with Crippen molar-refractivity contribution >= 4 is 16.2 Å². The predicted molar refractivity (Wildman–Crippen MR) is 96.8 cm³/mol. The van der Waals surface area contributed by atoms with Crippen molar-refractivity contribution in [3.05, 3.63) is 29.8 Å². The van der Waals surface area contributed by atoms with E-state index in [1.165, 1.54) is 12.1 Å². The summed E-state index contributed by atoms with van der Waals surface area (Å²) in [6, 6.07) is 6.42. The van der Waals surface area contributed by atoms with Crippen LogP contribution in [0.5, 0.6) is 0 Å². The number of piperidine rings is 1. The van der Waals surface area contributed by atoms with Crippen LogP contribution in [0.25, 0.3) is 0 Å². The molecule has 8 heteroatoms. The summed E-state index contributed by atoms with van der Waals surface area (Å²) in [4.78, 5) is 13.4. The molecule has 7 nitrogen and oxygen atoms in total. The molecule has 1 aromatic rings. The fourth-order valence-electron chi connectivity index (χ4n) is 2.85. The zero-order valence-electron chi connectivity index (χ0n) is 15.7. The molecule has 2 atom stereocenters. The SMILES string of the molecule is CC(C)(C)OC(=O)N1CCC2NCC2C1.Cc1ccc(S(=O)(=O)[O-])cc1. The third-order valence-corrected chi connectivity index (χ3v) is 5.19. The van der Waals surface area contributed by atoms with Gasteiger partial charge in [0.1, 0.15) is 15.7 Å². The molecule has 2 unspecified atom stereocenters. The second-order valence-corrected chi connectivity index (χ2v) is 9.14. The minimum absolute atomic E-state index is 0.159. The van der Waals surface area contributed by atoms with Gasteiger partial charge in [-0.25, -0.2) is 13.2 Å². The van der Waals surface area contributed by atoms with Crippen LogP contribution >= 0.6 is 0 Å². The Hall–Kier alpha value is -1.64. The number of hydrogen-bond donors (Lipinski definition) is 1. The lowest BCUT2D eigenvalue weighted by molar-refractivity contribution is 0.00492. The number of nitrogens with one attached hydrogen (secondary N) is 1. The molecule has 2 fully saturated rings. The van der Waals surface area contributed by atoms with E-state index in [0.717, 1.165) is 31.6 Å². The Labute approximate surface area is 155 Å². The molecule has 2 heterocycles. The van der Waals surface area contributed by atoms with Crippen LogP contribution in [0, 0.1) is 12.8 Å². The molecule has 0 bridgehead atoms. The molecule has 1 amide bonds. The Morgan fingerprint density at radius 2 is 1.88 bits per heavy atom. The fourth-order valence-corrected chi connectivity index (χ4v) is 3.32. The van der Waals surface area contributed by atoms with Crippen molar-refractivity contribution < 1.29 is 22.5 Å². The van der Waals surface area contributed by atoms with Crippen molar-refractivity contribution in [3.63, 3.8) is 0 Å². The van der Waals surface area contributed by atoms with Gasteiger partial charge in [0.15, 0.2) is 0 Å². The van der Waals surface area contributed by atoms with E-state index >= 15 is 0 Å². The van der Waals surface area contributed by atoms with Gasteiger partial charge in [-0.1, -0.05) is 17.7 Å². The lowest BCUT2D eigenvalue weighted by Gasteiger charge is -2.46. The second kappa shape index (κ2) is 7.94. The first kappa shape index (κ1) is 20.7. The number of aryl methyl sites for hydroxylation is 1. The highest BCUT2D eigenvalue weighted by molar-refractivity contribution is 7.85. The summed E-state index contributed by atoms with van der Waals surface area (Å²) >= 11 is 0. The van der Waals surface area contributed by atoms with Gasteiger partial charge in [-0.05, 0) is 46.2 Å². The van der Waals surface area contributed by atoms with Crippen LogP contribution in [0.15, 0.2) is 29.2 Å². The fraction of sp³-hybridized carbons (Fsp3) is 0.611. The van der Waals surface area contributed by atoms with Crippen molar-refractivity contribution in [2.75, 3.05) is 19.6 Å². The number of rotatable bonds is 1. The topological polar surface area (TPSA) is 98.8 Å². The van der Waals surface area contributed by atoms with E-state index in [1.807, 2.05) is 32.6 Å². The smallest absolute Gasteiger partial charge is 0.410 e. The molecule has 146 valence electrons. The standard InChI is InChI=1S/C11H20N2O2.C7H8O3S/c1-11(2,3)15-10(14)13-5-4-9-8(7-13)6-12-9;1-6-2-4-7(5-3-6)11(8,9)10/h8-9,12H,4-7H2,1-3H3;2-5H,1H3,(H,8,9,10)/p-1. The molecule has 3 rings (SSSR count). The molecule has 2 aliphatic heterocycles. The highest BCUT2D eigenvalue weighted by atomic mass is 32.2. The van der Waals surface area contributed by atoms with Gasteiger partial charge in [0.25, 0.3) is 0 Å². The average molecular weight is 383 g/mol. The monoisotopic (exact) mass is 383 g/mol. The van der Waals surface area contributed by atoms with E-state index in [9.17, 15) is 17.8 Å². The second-order valence-electron chi connectivity index (χ2n) is 7.76. The average Bonchev–Trinajstić information content (AvgIpc) is 2.47. The number of carbonyl (C=O) groups excluding carboxylic acids is 1. The molecule has 0 aromatic heterocycles. The lowest BCUT2D eigenvalue weighted by atomic mass is 9.85. The number of ether oxygens (including phenoxy) is 1. The molecule has 0 saturated carbocycles. The maximum absolute atomic E-state index is 11.8. The van der Waals surface area contributed by atoms with Gasteiger partial charge in [-0.3, -0.25) is 0 Å². The Morgan fingerprint density at radius 1 is 1.27 bits per heavy atom. The summed E-state index contributed by atoms with van der Waals surface area (Å²) in [5.41, 5.74) is 0.545. The molecular formula is C18H27N2O5S-. The Kier molecular flexibility index (Phi) is 6.31. The summed E-state index contributed by atoms with van der Waals surface area (Å²) < 4.78 is 36.5. The van der Waals surface area contributed by atoms with Crippen LogP contribution in [0.2, 0.25) is 0 Å². The van der Waals surface area contributed by atoms with Crippen LogP contribution in [0.3, 0.4) is 0 Å². The van der Waals surface area contributed by atoms with Crippen LogP contribution in [0.1, 0.15) is 32.8 Å². The number of amides is 1. The van der Waals surface area contributed by atoms with Gasteiger partial charge >= 0.3 is 6.09 Å². The highest BCUT2D eigenvalue weighted by Gasteiger charge is 2.38. The number of carbonyl (C=O) groups is 1. The molecule has 26 heavy (non-hydrogen) atoms. The van der Waals surface area contributed by atoms with Crippen molar-refractivity contribution in [2.45, 2.75) is 50.7 Å². The molecule has 0 spiro atoms. The van der Waals surface area contributed by atoms with Crippen molar-refractivity contribution in [3.8, 4) is 0 Å². The molecule has 1 aromatic carbocycles. The van der Waals surface area contributed by atoms with Gasteiger partial charge in [-0.15, -0.1) is 0 Å². The van der Waals surface area contributed by atoms with E-state index < -0.39 is 10.1 Å². The number of nitrogens with zero attached hydrogens (tertiary/aromatic N) is 1. The van der Waals surface area contributed by atoms with Crippen molar-refractivity contribution in [1.29, 1.82) is 0 Å². The normalized spacial score (nSPS) is 22.4. The molecule has 0 aliphatic carbocycles. The van der Waals surface area contributed by atoms with Crippen LogP contribution in [0.4, 0.5) is 4.79 Å². The number of fused-ring (bicyclic) bond motifs is 1. The number of hydrogen-bond acceptors (Lipinski definition) is 6. The maximum atomic E-state index is 11.8. The van der Waals surface area contributed by atoms with Gasteiger partial charge in [-0.2, -0.15) is 0 Å². The van der Waals surface area contributed by atoms with Crippen molar-refractivity contribution in [2.24, 2.45) is 5.92 Å². The molecule has 2 aliphatic rings. The minimum Gasteiger partial charge on any atom is -0.744 e. The lowest BCUT2D eigenvalue weighted by Crippen LogP contribution is -2.62. The number of likely N-dealkylation sites (tertiary alicyclic amines) is 1. The summed E-state index contributed by atoms with van der Waals surface area (Å²) in [7, 11) is -4.27. The third kappa shape index (κ3) is 5.96. The third-order valence-electron chi connectivity index (χ3n) is 4.34. The summed E-state index contributed by atoms with van der Waals surface area (Å²) in [5, 5.41) is 3.38. The van der Waals surface area contributed by atoms with E-state index in [1.54, 1.807) is 12.1 Å². The van der Waals surface area contributed by atoms with Gasteiger partial charge in [0.2, 0.25) is 0 Å². The highest BCUT2D eigenvalue weighted by Crippen LogP contribution is 2.24. The first-order chi connectivity index (χ1) is 12.0. The van der Waals surface area contributed by atoms with E-state index in [-0.39, 0.29) is 16.6 Å². The first-order valence-corrected chi connectivity index (χ1v) is 10.1. The molecule has 0 radical (unpaired) electrons.